The second kappa shape index (κ2) is 8.16. The van der Waals surface area contributed by atoms with Gasteiger partial charge in [-0.3, -0.25) is 0 Å². The molecule has 0 atom stereocenters. The van der Waals surface area contributed by atoms with Crippen LogP contribution < -0.4 is 9.47 Å². The van der Waals surface area contributed by atoms with Crippen molar-refractivity contribution in [2.75, 3.05) is 13.7 Å². The maximum atomic E-state index is 6.30. The lowest BCUT2D eigenvalue weighted by atomic mass is 10.2. The Hall–Kier alpha value is -2.64. The molecular formula is C18H17ClN4O2S. The third-order valence-electron chi connectivity index (χ3n) is 3.55. The molecule has 0 radical (unpaired) electrons. The second-order valence-electron chi connectivity index (χ2n) is 5.24. The minimum Gasteiger partial charge on any atom is -0.493 e. The van der Waals surface area contributed by atoms with E-state index >= 15 is 0 Å². The van der Waals surface area contributed by atoms with Crippen molar-refractivity contribution in [2.45, 2.75) is 6.92 Å². The van der Waals surface area contributed by atoms with Gasteiger partial charge in [-0.05, 0) is 36.8 Å². The average molecular weight is 389 g/mol. The summed E-state index contributed by atoms with van der Waals surface area (Å²) in [5.74, 6) is 1.68. The molecule has 2 aromatic carbocycles. The molecule has 0 aliphatic rings. The van der Waals surface area contributed by atoms with Crippen molar-refractivity contribution in [3.05, 3.63) is 57.8 Å². The average Bonchev–Trinajstić information content (AvgIpc) is 3.03. The zero-order valence-corrected chi connectivity index (χ0v) is 15.8. The molecule has 3 aromatic rings. The number of hydrogen-bond donors (Lipinski definition) is 1. The molecule has 6 nitrogen and oxygen atoms in total. The van der Waals surface area contributed by atoms with Crippen LogP contribution in [0.25, 0.3) is 11.4 Å². The molecule has 134 valence electrons. The molecule has 3 rings (SSSR count). The predicted molar refractivity (Wildman–Crippen MR) is 105 cm³/mol. The van der Waals surface area contributed by atoms with Crippen LogP contribution in [0, 0.1) is 4.77 Å². The number of nitrogens with zero attached hydrogens (tertiary/aromatic N) is 3. The molecule has 0 unspecified atom stereocenters. The van der Waals surface area contributed by atoms with Gasteiger partial charge in [0, 0.05) is 5.56 Å². The second-order valence-corrected chi connectivity index (χ2v) is 6.04. The Labute approximate surface area is 161 Å². The summed E-state index contributed by atoms with van der Waals surface area (Å²) in [7, 11) is 1.56. The SMILES string of the molecule is CCOc1c(Cl)cc(/C=N/n2c(-c3ccccc3)n[nH]c2=S)cc1OC. The summed E-state index contributed by atoms with van der Waals surface area (Å²) >= 11 is 11.6. The summed E-state index contributed by atoms with van der Waals surface area (Å²) in [5, 5.41) is 11.9. The lowest BCUT2D eigenvalue weighted by Gasteiger charge is -2.11. The number of rotatable bonds is 6. The Morgan fingerprint density at radius 1 is 1.31 bits per heavy atom. The molecule has 1 heterocycles. The van der Waals surface area contributed by atoms with Crippen molar-refractivity contribution in [3.8, 4) is 22.9 Å². The largest absolute Gasteiger partial charge is 0.493 e. The third kappa shape index (κ3) is 3.79. The number of hydrogen-bond acceptors (Lipinski definition) is 5. The van der Waals surface area contributed by atoms with E-state index in [4.69, 9.17) is 33.3 Å². The number of aromatic nitrogens is 3. The molecule has 1 aromatic heterocycles. The van der Waals surface area contributed by atoms with Crippen LogP contribution in [0.1, 0.15) is 12.5 Å². The van der Waals surface area contributed by atoms with E-state index in [1.807, 2.05) is 37.3 Å². The zero-order chi connectivity index (χ0) is 18.5. The molecule has 0 fully saturated rings. The standard InChI is InChI=1S/C18H17ClN4O2S/c1-3-25-16-14(19)9-12(10-15(16)24-2)11-20-23-17(21-22-18(23)26)13-7-5-4-6-8-13/h4-11H,3H2,1-2H3,(H,22,26)/b20-11+. The van der Waals surface area contributed by atoms with Crippen LogP contribution in [-0.2, 0) is 0 Å². The van der Waals surface area contributed by atoms with Gasteiger partial charge in [0.25, 0.3) is 0 Å². The summed E-state index contributed by atoms with van der Waals surface area (Å²) < 4.78 is 12.8. The molecule has 26 heavy (non-hydrogen) atoms. The molecular weight excluding hydrogens is 372 g/mol. The van der Waals surface area contributed by atoms with Crippen LogP contribution in [0.15, 0.2) is 47.6 Å². The molecule has 0 spiro atoms. The predicted octanol–water partition coefficient (Wildman–Crippen LogP) is 4.55. The number of ether oxygens (including phenoxy) is 2. The maximum Gasteiger partial charge on any atom is 0.216 e. The van der Waals surface area contributed by atoms with Gasteiger partial charge in [-0.2, -0.15) is 14.9 Å². The molecule has 0 aliphatic heterocycles. The summed E-state index contributed by atoms with van der Waals surface area (Å²) in [6.07, 6.45) is 1.64. The number of H-pyrrole nitrogens is 1. The molecule has 8 heteroatoms. The van der Waals surface area contributed by atoms with Gasteiger partial charge in [0.15, 0.2) is 17.3 Å². The number of aromatic amines is 1. The fraction of sp³-hybridized carbons (Fsp3) is 0.167. The Morgan fingerprint density at radius 2 is 2.08 bits per heavy atom. The lowest BCUT2D eigenvalue weighted by molar-refractivity contribution is 0.311. The van der Waals surface area contributed by atoms with E-state index in [-0.39, 0.29) is 0 Å². The highest BCUT2D eigenvalue weighted by atomic mass is 35.5. The monoisotopic (exact) mass is 388 g/mol. The van der Waals surface area contributed by atoms with Crippen LogP contribution in [0.2, 0.25) is 5.02 Å². The summed E-state index contributed by atoms with van der Waals surface area (Å²) in [5.41, 5.74) is 1.65. The highest BCUT2D eigenvalue weighted by molar-refractivity contribution is 7.71. The first-order valence-electron chi connectivity index (χ1n) is 7.91. The number of nitrogens with one attached hydrogen (secondary N) is 1. The Bertz CT molecular complexity index is 983. The maximum absolute atomic E-state index is 6.30. The topological polar surface area (TPSA) is 64.4 Å². The van der Waals surface area contributed by atoms with Gasteiger partial charge < -0.3 is 9.47 Å². The quantitative estimate of drug-likeness (QED) is 0.497. The highest BCUT2D eigenvalue weighted by Gasteiger charge is 2.11. The van der Waals surface area contributed by atoms with Crippen LogP contribution in [0.4, 0.5) is 0 Å². The van der Waals surface area contributed by atoms with Gasteiger partial charge in [-0.15, -0.1) is 0 Å². The minimum atomic E-state index is 0.393. The van der Waals surface area contributed by atoms with Crippen LogP contribution in [-0.4, -0.2) is 34.8 Å². The van der Waals surface area contributed by atoms with Gasteiger partial charge in [0.1, 0.15) is 0 Å². The first kappa shape index (κ1) is 18.2. The summed E-state index contributed by atoms with van der Waals surface area (Å²) in [6, 6.07) is 13.2. The lowest BCUT2D eigenvalue weighted by Crippen LogP contribution is -1.99. The molecule has 0 saturated carbocycles. The van der Waals surface area contributed by atoms with E-state index in [2.05, 4.69) is 15.3 Å². The normalized spacial score (nSPS) is 11.0. The van der Waals surface area contributed by atoms with Crippen molar-refractivity contribution in [1.29, 1.82) is 0 Å². The van der Waals surface area contributed by atoms with Crippen molar-refractivity contribution in [3.63, 3.8) is 0 Å². The fourth-order valence-corrected chi connectivity index (χ4v) is 2.85. The Morgan fingerprint density at radius 3 is 2.77 bits per heavy atom. The molecule has 1 N–H and O–H groups in total. The first-order valence-corrected chi connectivity index (χ1v) is 8.70. The van der Waals surface area contributed by atoms with Crippen LogP contribution in [0.3, 0.4) is 0 Å². The molecule has 0 bridgehead atoms. The summed E-state index contributed by atoms with van der Waals surface area (Å²) in [6.45, 7) is 2.38. The summed E-state index contributed by atoms with van der Waals surface area (Å²) in [4.78, 5) is 0. The third-order valence-corrected chi connectivity index (χ3v) is 4.09. The molecule has 0 aliphatic carbocycles. The van der Waals surface area contributed by atoms with Crippen LogP contribution >= 0.6 is 23.8 Å². The van der Waals surface area contributed by atoms with E-state index in [0.29, 0.717) is 33.7 Å². The molecule has 0 saturated heterocycles. The van der Waals surface area contributed by atoms with Gasteiger partial charge >= 0.3 is 0 Å². The van der Waals surface area contributed by atoms with Gasteiger partial charge in [-0.1, -0.05) is 41.9 Å². The van der Waals surface area contributed by atoms with Crippen molar-refractivity contribution in [2.24, 2.45) is 5.10 Å². The van der Waals surface area contributed by atoms with E-state index < -0.39 is 0 Å². The Kier molecular flexibility index (Phi) is 5.70. The zero-order valence-electron chi connectivity index (χ0n) is 14.3. The number of benzene rings is 2. The van der Waals surface area contributed by atoms with Crippen molar-refractivity contribution >= 4 is 30.0 Å². The van der Waals surface area contributed by atoms with Gasteiger partial charge in [0.05, 0.1) is 25.0 Å². The highest BCUT2D eigenvalue weighted by Crippen LogP contribution is 2.36. The fourth-order valence-electron chi connectivity index (χ4n) is 2.40. The van der Waals surface area contributed by atoms with Crippen molar-refractivity contribution < 1.29 is 9.47 Å². The van der Waals surface area contributed by atoms with Gasteiger partial charge in [-0.25, -0.2) is 5.10 Å². The van der Waals surface area contributed by atoms with Gasteiger partial charge in [0.2, 0.25) is 4.77 Å². The first-order chi connectivity index (χ1) is 12.6. The van der Waals surface area contributed by atoms with E-state index in [1.165, 1.54) is 0 Å². The number of methoxy groups -OCH3 is 1. The number of halogens is 1. The molecule has 0 amide bonds. The van der Waals surface area contributed by atoms with Crippen LogP contribution in [0.5, 0.6) is 11.5 Å². The van der Waals surface area contributed by atoms with E-state index in [9.17, 15) is 0 Å². The minimum absolute atomic E-state index is 0.393. The smallest absolute Gasteiger partial charge is 0.216 e. The Balaban J connectivity index is 1.98. The van der Waals surface area contributed by atoms with Crippen molar-refractivity contribution in [1.82, 2.24) is 14.9 Å². The van der Waals surface area contributed by atoms with E-state index in [0.717, 1.165) is 11.1 Å². The van der Waals surface area contributed by atoms with E-state index in [1.54, 1.807) is 30.1 Å².